The Bertz CT molecular complexity index is 492. The molecule has 1 heterocycles. The quantitative estimate of drug-likeness (QED) is 0.752. The van der Waals surface area contributed by atoms with Crippen molar-refractivity contribution < 1.29 is 9.53 Å². The van der Waals surface area contributed by atoms with Gasteiger partial charge in [-0.25, -0.2) is 9.97 Å². The van der Waals surface area contributed by atoms with Crippen LogP contribution in [0.25, 0.3) is 0 Å². The van der Waals surface area contributed by atoms with E-state index in [1.54, 1.807) is 0 Å². The fraction of sp³-hybridized carbons (Fsp3) is 0.154. The van der Waals surface area contributed by atoms with Crippen molar-refractivity contribution >= 4 is 6.29 Å². The normalized spacial score (nSPS) is 9.94. The highest BCUT2D eigenvalue weighted by molar-refractivity contribution is 5.73. The Morgan fingerprint density at radius 2 is 1.82 bits per heavy atom. The van der Waals surface area contributed by atoms with Crippen LogP contribution in [0, 0.1) is 6.92 Å². The summed E-state index contributed by atoms with van der Waals surface area (Å²) in [7, 11) is 0. The minimum atomic E-state index is 0.294. The number of nitrogens with zero attached hydrogens (tertiary/aromatic N) is 2. The molecule has 0 radical (unpaired) electrons. The lowest BCUT2D eigenvalue weighted by Gasteiger charge is -2.05. The maximum Gasteiger partial charge on any atom is 0.166 e. The Morgan fingerprint density at radius 3 is 2.41 bits per heavy atom. The number of aryl methyl sites for hydroxylation is 1. The largest absolute Gasteiger partial charge is 0.486 e. The monoisotopic (exact) mass is 228 g/mol. The van der Waals surface area contributed by atoms with Gasteiger partial charge in [0, 0.05) is 12.4 Å². The summed E-state index contributed by atoms with van der Waals surface area (Å²) in [5.41, 5.74) is 1.65. The number of carbonyl (C=O) groups excluding carboxylic acids is 1. The Hall–Kier alpha value is -2.23. The lowest BCUT2D eigenvalue weighted by Crippen LogP contribution is -2.01. The number of hydrogen-bond acceptors (Lipinski definition) is 4. The molecule has 0 aliphatic heterocycles. The molecule has 0 aliphatic rings. The van der Waals surface area contributed by atoms with Gasteiger partial charge in [-0.2, -0.15) is 0 Å². The predicted octanol–water partition coefficient (Wildman–Crippen LogP) is 2.18. The third-order valence-corrected chi connectivity index (χ3v) is 2.25. The minimum Gasteiger partial charge on any atom is -0.486 e. The number of ether oxygens (including phenoxy) is 1. The van der Waals surface area contributed by atoms with Crippen molar-refractivity contribution in [3.63, 3.8) is 0 Å². The molecular formula is C13H12N2O2. The van der Waals surface area contributed by atoms with Gasteiger partial charge in [-0.05, 0) is 19.1 Å². The van der Waals surface area contributed by atoms with Crippen LogP contribution < -0.4 is 4.74 Å². The number of carbonyl (C=O) groups is 1. The number of benzene rings is 1. The fourth-order valence-electron chi connectivity index (χ4n) is 1.28. The van der Waals surface area contributed by atoms with Crippen LogP contribution >= 0.6 is 0 Å². The number of hydrogen-bond donors (Lipinski definition) is 0. The molecule has 17 heavy (non-hydrogen) atoms. The SMILES string of the molecule is Cc1ccc(OCc2ncc(C=O)cn2)cc1. The standard InChI is InChI=1S/C13H12N2O2/c1-10-2-4-12(5-3-10)17-9-13-14-6-11(8-16)7-15-13/h2-8H,9H2,1H3. The first-order chi connectivity index (χ1) is 8.28. The molecule has 0 fully saturated rings. The molecule has 0 amide bonds. The molecule has 0 saturated heterocycles. The van der Waals surface area contributed by atoms with Crippen LogP contribution in [0.1, 0.15) is 21.7 Å². The molecule has 4 nitrogen and oxygen atoms in total. The zero-order valence-corrected chi connectivity index (χ0v) is 9.46. The van der Waals surface area contributed by atoms with E-state index in [-0.39, 0.29) is 0 Å². The molecule has 1 aromatic carbocycles. The topological polar surface area (TPSA) is 52.1 Å². The number of rotatable bonds is 4. The third-order valence-electron chi connectivity index (χ3n) is 2.25. The van der Waals surface area contributed by atoms with Crippen molar-refractivity contribution in [1.29, 1.82) is 0 Å². The summed E-state index contributed by atoms with van der Waals surface area (Å²) in [6, 6.07) is 7.75. The van der Waals surface area contributed by atoms with Crippen LogP contribution in [-0.4, -0.2) is 16.3 Å². The third kappa shape index (κ3) is 3.11. The van der Waals surface area contributed by atoms with Crippen molar-refractivity contribution in [2.24, 2.45) is 0 Å². The van der Waals surface area contributed by atoms with E-state index in [9.17, 15) is 4.79 Å². The smallest absolute Gasteiger partial charge is 0.166 e. The highest BCUT2D eigenvalue weighted by Gasteiger charge is 1.99. The summed E-state index contributed by atoms with van der Waals surface area (Å²) < 4.78 is 5.51. The fourth-order valence-corrected chi connectivity index (χ4v) is 1.28. The Morgan fingerprint density at radius 1 is 1.18 bits per heavy atom. The minimum absolute atomic E-state index is 0.294. The lowest BCUT2D eigenvalue weighted by molar-refractivity contribution is 0.112. The van der Waals surface area contributed by atoms with Crippen molar-refractivity contribution in [1.82, 2.24) is 9.97 Å². The molecule has 0 N–H and O–H groups in total. The summed E-state index contributed by atoms with van der Waals surface area (Å²) in [5, 5.41) is 0. The zero-order chi connectivity index (χ0) is 12.1. The van der Waals surface area contributed by atoms with Crippen molar-refractivity contribution in [3.8, 4) is 5.75 Å². The summed E-state index contributed by atoms with van der Waals surface area (Å²) >= 11 is 0. The average molecular weight is 228 g/mol. The summed E-state index contributed by atoms with van der Waals surface area (Å²) in [6.07, 6.45) is 3.67. The van der Waals surface area contributed by atoms with E-state index < -0.39 is 0 Å². The van der Waals surface area contributed by atoms with Gasteiger partial charge in [0.05, 0.1) is 5.56 Å². The molecule has 0 atom stereocenters. The van der Waals surface area contributed by atoms with Gasteiger partial charge in [-0.1, -0.05) is 17.7 Å². The summed E-state index contributed by atoms with van der Waals surface area (Å²) in [4.78, 5) is 18.4. The predicted molar refractivity (Wildman–Crippen MR) is 62.9 cm³/mol. The zero-order valence-electron chi connectivity index (χ0n) is 9.46. The van der Waals surface area contributed by atoms with Crippen LogP contribution in [0.4, 0.5) is 0 Å². The molecule has 2 rings (SSSR count). The second kappa shape index (κ2) is 5.21. The highest BCUT2D eigenvalue weighted by atomic mass is 16.5. The van der Waals surface area contributed by atoms with Gasteiger partial charge in [-0.15, -0.1) is 0 Å². The van der Waals surface area contributed by atoms with Gasteiger partial charge >= 0.3 is 0 Å². The Kier molecular flexibility index (Phi) is 3.45. The number of aldehydes is 1. The van der Waals surface area contributed by atoms with Crippen molar-refractivity contribution in [3.05, 3.63) is 53.6 Å². The Balaban J connectivity index is 1.97. The van der Waals surface area contributed by atoms with Crippen molar-refractivity contribution in [2.75, 3.05) is 0 Å². The summed E-state index contributed by atoms with van der Waals surface area (Å²) in [5.74, 6) is 1.33. The average Bonchev–Trinajstić information content (AvgIpc) is 2.39. The molecule has 0 bridgehead atoms. The first-order valence-corrected chi connectivity index (χ1v) is 5.23. The maximum absolute atomic E-state index is 10.4. The van der Waals surface area contributed by atoms with Gasteiger partial charge in [-0.3, -0.25) is 4.79 Å². The van der Waals surface area contributed by atoms with Crippen LogP contribution in [0.3, 0.4) is 0 Å². The van der Waals surface area contributed by atoms with E-state index in [1.807, 2.05) is 31.2 Å². The van der Waals surface area contributed by atoms with Gasteiger partial charge in [0.2, 0.25) is 0 Å². The van der Waals surface area contributed by atoms with E-state index in [0.29, 0.717) is 24.3 Å². The second-order valence-electron chi connectivity index (χ2n) is 3.65. The first-order valence-electron chi connectivity index (χ1n) is 5.23. The summed E-state index contributed by atoms with van der Waals surface area (Å²) in [6.45, 7) is 2.31. The van der Waals surface area contributed by atoms with E-state index in [1.165, 1.54) is 18.0 Å². The molecule has 0 aliphatic carbocycles. The molecule has 86 valence electrons. The van der Waals surface area contributed by atoms with E-state index in [0.717, 1.165) is 5.75 Å². The van der Waals surface area contributed by atoms with Gasteiger partial charge in [0.1, 0.15) is 12.4 Å². The van der Waals surface area contributed by atoms with Crippen molar-refractivity contribution in [2.45, 2.75) is 13.5 Å². The molecule has 4 heteroatoms. The first kappa shape index (κ1) is 11.3. The lowest BCUT2D eigenvalue weighted by atomic mass is 10.2. The van der Waals surface area contributed by atoms with Crippen LogP contribution in [0.15, 0.2) is 36.7 Å². The Labute approximate surface area is 99.3 Å². The van der Waals surface area contributed by atoms with Crippen LogP contribution in [0.2, 0.25) is 0 Å². The highest BCUT2D eigenvalue weighted by Crippen LogP contribution is 2.12. The molecular weight excluding hydrogens is 216 g/mol. The molecule has 2 aromatic rings. The second-order valence-corrected chi connectivity index (χ2v) is 3.65. The molecule has 0 spiro atoms. The molecule has 1 aromatic heterocycles. The molecule has 0 saturated carbocycles. The van der Waals surface area contributed by atoms with Gasteiger partial charge in [0.15, 0.2) is 12.1 Å². The van der Waals surface area contributed by atoms with E-state index in [2.05, 4.69) is 9.97 Å². The van der Waals surface area contributed by atoms with Gasteiger partial charge in [0.25, 0.3) is 0 Å². The van der Waals surface area contributed by atoms with E-state index in [4.69, 9.17) is 4.74 Å². The van der Waals surface area contributed by atoms with E-state index >= 15 is 0 Å². The van der Waals surface area contributed by atoms with Crippen LogP contribution in [0.5, 0.6) is 5.75 Å². The molecule has 0 unspecified atom stereocenters. The van der Waals surface area contributed by atoms with Crippen LogP contribution in [-0.2, 0) is 6.61 Å². The number of aromatic nitrogens is 2. The maximum atomic E-state index is 10.4. The van der Waals surface area contributed by atoms with Gasteiger partial charge < -0.3 is 4.74 Å².